The second-order valence-electron chi connectivity index (χ2n) is 5.34. The summed E-state index contributed by atoms with van der Waals surface area (Å²) < 4.78 is 10.7. The normalized spacial score (nSPS) is 12.0. The van der Waals surface area contributed by atoms with E-state index in [-0.39, 0.29) is 11.3 Å². The number of hydrogen-bond donors (Lipinski definition) is 1. The van der Waals surface area contributed by atoms with Gasteiger partial charge in [0.2, 0.25) is 5.28 Å². The van der Waals surface area contributed by atoms with Gasteiger partial charge in [-0.3, -0.25) is 0 Å². The van der Waals surface area contributed by atoms with Gasteiger partial charge in [0.05, 0.1) is 19.7 Å². The fourth-order valence-electron chi connectivity index (χ4n) is 2.57. The van der Waals surface area contributed by atoms with Crippen LogP contribution < -0.4 is 14.8 Å². The van der Waals surface area contributed by atoms with Crippen molar-refractivity contribution in [3.63, 3.8) is 0 Å². The monoisotopic (exact) mass is 343 g/mol. The maximum absolute atomic E-state index is 6.09. The van der Waals surface area contributed by atoms with E-state index in [2.05, 4.69) is 34.3 Å². The molecular formula is C18H18ClN3O2. The number of anilines is 1. The Morgan fingerprint density at radius 3 is 2.33 bits per heavy atom. The summed E-state index contributed by atoms with van der Waals surface area (Å²) in [5, 5.41) is 4.40. The molecule has 1 aromatic heterocycles. The molecule has 0 radical (unpaired) electrons. The molecule has 3 aromatic rings. The first-order chi connectivity index (χ1) is 11.6. The molecule has 2 aromatic carbocycles. The van der Waals surface area contributed by atoms with Crippen molar-refractivity contribution >= 4 is 28.3 Å². The quantitative estimate of drug-likeness (QED) is 0.692. The van der Waals surface area contributed by atoms with Crippen LogP contribution in [0.4, 0.5) is 5.82 Å². The topological polar surface area (TPSA) is 56.3 Å². The largest absolute Gasteiger partial charge is 0.493 e. The maximum atomic E-state index is 6.09. The third-order valence-electron chi connectivity index (χ3n) is 3.83. The van der Waals surface area contributed by atoms with Crippen LogP contribution in [0.25, 0.3) is 10.9 Å². The molecule has 0 bridgehead atoms. The highest BCUT2D eigenvalue weighted by atomic mass is 35.5. The first-order valence-corrected chi connectivity index (χ1v) is 7.91. The van der Waals surface area contributed by atoms with Crippen molar-refractivity contribution in [3.05, 3.63) is 53.3 Å². The summed E-state index contributed by atoms with van der Waals surface area (Å²) in [6, 6.07) is 13.8. The molecule has 0 fully saturated rings. The molecule has 6 heteroatoms. The Morgan fingerprint density at radius 2 is 1.67 bits per heavy atom. The van der Waals surface area contributed by atoms with Crippen LogP contribution in [0.3, 0.4) is 0 Å². The second-order valence-corrected chi connectivity index (χ2v) is 5.68. The molecule has 0 saturated heterocycles. The molecule has 3 rings (SSSR count). The Labute approximate surface area is 145 Å². The minimum Gasteiger partial charge on any atom is -0.493 e. The molecular weight excluding hydrogens is 326 g/mol. The summed E-state index contributed by atoms with van der Waals surface area (Å²) >= 11 is 6.09. The van der Waals surface area contributed by atoms with E-state index in [1.165, 1.54) is 0 Å². The van der Waals surface area contributed by atoms with E-state index >= 15 is 0 Å². The van der Waals surface area contributed by atoms with E-state index in [0.717, 1.165) is 10.9 Å². The smallest absolute Gasteiger partial charge is 0.224 e. The van der Waals surface area contributed by atoms with Crippen LogP contribution in [-0.2, 0) is 0 Å². The van der Waals surface area contributed by atoms with Gasteiger partial charge >= 0.3 is 0 Å². The van der Waals surface area contributed by atoms with Gasteiger partial charge in [-0.1, -0.05) is 30.3 Å². The van der Waals surface area contributed by atoms with Crippen LogP contribution in [0, 0.1) is 0 Å². The number of hydrogen-bond acceptors (Lipinski definition) is 5. The number of nitrogens with zero attached hydrogens (tertiary/aromatic N) is 2. The van der Waals surface area contributed by atoms with Crippen LogP contribution >= 0.6 is 11.6 Å². The Bertz CT molecular complexity index is 856. The fourth-order valence-corrected chi connectivity index (χ4v) is 2.74. The Kier molecular flexibility index (Phi) is 4.71. The maximum Gasteiger partial charge on any atom is 0.224 e. The lowest BCUT2D eigenvalue weighted by Crippen LogP contribution is -2.09. The third-order valence-corrected chi connectivity index (χ3v) is 4.00. The second kappa shape index (κ2) is 6.93. The molecule has 24 heavy (non-hydrogen) atoms. The number of halogens is 1. The van der Waals surface area contributed by atoms with E-state index < -0.39 is 0 Å². The summed E-state index contributed by atoms with van der Waals surface area (Å²) in [5.41, 5.74) is 1.84. The van der Waals surface area contributed by atoms with Crippen molar-refractivity contribution in [2.45, 2.75) is 13.0 Å². The standard InChI is InChI=1S/C18H18ClN3O2/c1-11(12-7-5-4-6-8-12)20-17-13-9-15(23-2)16(24-3)10-14(13)21-18(19)22-17/h4-11H,1-3H3,(H,20,21,22). The number of nitrogens with one attached hydrogen (secondary N) is 1. The van der Waals surface area contributed by atoms with E-state index in [1.807, 2.05) is 24.3 Å². The average molecular weight is 344 g/mol. The number of aromatic nitrogens is 2. The minimum absolute atomic E-state index is 0.0634. The average Bonchev–Trinajstić information content (AvgIpc) is 2.61. The highest BCUT2D eigenvalue weighted by Gasteiger charge is 2.14. The molecule has 0 aliphatic carbocycles. The van der Waals surface area contributed by atoms with Gasteiger partial charge in [-0.05, 0) is 30.2 Å². The van der Waals surface area contributed by atoms with E-state index in [0.29, 0.717) is 22.8 Å². The highest BCUT2D eigenvalue weighted by Crippen LogP contribution is 2.35. The van der Waals surface area contributed by atoms with Crippen molar-refractivity contribution in [1.29, 1.82) is 0 Å². The number of rotatable bonds is 5. The minimum atomic E-state index is 0.0634. The number of methoxy groups -OCH3 is 2. The van der Waals surface area contributed by atoms with Crippen molar-refractivity contribution in [3.8, 4) is 11.5 Å². The van der Waals surface area contributed by atoms with Gasteiger partial charge in [0.15, 0.2) is 11.5 Å². The molecule has 0 aliphatic heterocycles. The predicted molar refractivity (Wildman–Crippen MR) is 96.1 cm³/mol. The van der Waals surface area contributed by atoms with Crippen LogP contribution in [0.1, 0.15) is 18.5 Å². The molecule has 5 nitrogen and oxygen atoms in total. The van der Waals surface area contributed by atoms with Gasteiger partial charge < -0.3 is 14.8 Å². The van der Waals surface area contributed by atoms with Crippen LogP contribution in [0.15, 0.2) is 42.5 Å². The van der Waals surface area contributed by atoms with E-state index in [1.54, 1.807) is 20.3 Å². The molecule has 1 unspecified atom stereocenters. The van der Waals surface area contributed by atoms with Crippen LogP contribution in [0.5, 0.6) is 11.5 Å². The van der Waals surface area contributed by atoms with Crippen LogP contribution in [-0.4, -0.2) is 24.2 Å². The predicted octanol–water partition coefficient (Wildman–Crippen LogP) is 4.47. The number of ether oxygens (including phenoxy) is 2. The molecule has 0 saturated carbocycles. The first kappa shape index (κ1) is 16.3. The Morgan fingerprint density at radius 1 is 1.00 bits per heavy atom. The van der Waals surface area contributed by atoms with Crippen molar-refractivity contribution < 1.29 is 9.47 Å². The molecule has 0 amide bonds. The molecule has 1 N–H and O–H groups in total. The van der Waals surface area contributed by atoms with Gasteiger partial charge in [-0.25, -0.2) is 9.97 Å². The van der Waals surface area contributed by atoms with Gasteiger partial charge in [0, 0.05) is 17.5 Å². The fraction of sp³-hybridized carbons (Fsp3) is 0.222. The molecule has 1 atom stereocenters. The zero-order valence-corrected chi connectivity index (χ0v) is 14.5. The molecule has 124 valence electrons. The summed E-state index contributed by atoms with van der Waals surface area (Å²) in [5.74, 6) is 1.87. The first-order valence-electron chi connectivity index (χ1n) is 7.53. The van der Waals surface area contributed by atoms with E-state index in [4.69, 9.17) is 21.1 Å². The number of fused-ring (bicyclic) bond motifs is 1. The zero-order valence-electron chi connectivity index (χ0n) is 13.7. The van der Waals surface area contributed by atoms with Gasteiger partial charge in [-0.2, -0.15) is 0 Å². The lowest BCUT2D eigenvalue weighted by Gasteiger charge is -2.17. The SMILES string of the molecule is COc1cc2nc(Cl)nc(NC(C)c3ccccc3)c2cc1OC. The lowest BCUT2D eigenvalue weighted by atomic mass is 10.1. The molecule has 0 spiro atoms. The molecule has 1 heterocycles. The van der Waals surface area contributed by atoms with Gasteiger partial charge in [0.1, 0.15) is 5.82 Å². The van der Waals surface area contributed by atoms with Crippen molar-refractivity contribution in [2.24, 2.45) is 0 Å². The summed E-state index contributed by atoms with van der Waals surface area (Å²) in [6.45, 7) is 2.07. The highest BCUT2D eigenvalue weighted by molar-refractivity contribution is 6.28. The van der Waals surface area contributed by atoms with Crippen molar-refractivity contribution in [1.82, 2.24) is 9.97 Å². The summed E-state index contributed by atoms with van der Waals surface area (Å²) in [4.78, 5) is 8.62. The third kappa shape index (κ3) is 3.21. The summed E-state index contributed by atoms with van der Waals surface area (Å²) in [7, 11) is 3.18. The van der Waals surface area contributed by atoms with Crippen LogP contribution in [0.2, 0.25) is 5.28 Å². The van der Waals surface area contributed by atoms with Crippen molar-refractivity contribution in [2.75, 3.05) is 19.5 Å². The zero-order chi connectivity index (χ0) is 17.1. The van der Waals surface area contributed by atoms with Gasteiger partial charge in [-0.15, -0.1) is 0 Å². The van der Waals surface area contributed by atoms with Gasteiger partial charge in [0.25, 0.3) is 0 Å². The number of benzene rings is 2. The Balaban J connectivity index is 2.06. The molecule has 0 aliphatic rings. The Hall–Kier alpha value is -2.53. The van der Waals surface area contributed by atoms with E-state index in [9.17, 15) is 0 Å². The lowest BCUT2D eigenvalue weighted by molar-refractivity contribution is 0.356. The summed E-state index contributed by atoms with van der Waals surface area (Å²) in [6.07, 6.45) is 0.